The topological polar surface area (TPSA) is 20.2 Å². The maximum Gasteiger partial charge on any atom is 0.248 e. The Morgan fingerprint density at radius 2 is 2.08 bits per heavy atom. The van der Waals surface area contributed by atoms with E-state index in [4.69, 9.17) is 0 Å². The van der Waals surface area contributed by atoms with Gasteiger partial charge in [0, 0.05) is 12.8 Å². The fourth-order valence-corrected chi connectivity index (χ4v) is 2.06. The molecule has 1 fully saturated rings. The zero-order valence-electron chi connectivity index (χ0n) is 8.26. The van der Waals surface area contributed by atoms with Crippen molar-refractivity contribution in [2.75, 3.05) is 0 Å². The quantitative estimate of drug-likeness (QED) is 0.713. The molecule has 78 valence electrons. The van der Waals surface area contributed by atoms with Crippen LogP contribution in [0.15, 0.2) is 0 Å². The molecule has 3 heteroatoms. The van der Waals surface area contributed by atoms with Crippen LogP contribution in [-0.2, 0) is 0 Å². The average Bonchev–Trinajstić information content (AvgIpc) is 1.95. The lowest BCUT2D eigenvalue weighted by atomic mass is 9.79. The number of rotatable bonds is 2. The Morgan fingerprint density at radius 3 is 2.62 bits per heavy atom. The van der Waals surface area contributed by atoms with Gasteiger partial charge in [-0.25, -0.2) is 8.78 Å². The van der Waals surface area contributed by atoms with Crippen LogP contribution < -0.4 is 0 Å². The standard InChI is InChI=1S/C10H18F2O/c1-7(2)5-8-6-10(11,12)4-3-9(8)13/h7-9,13H,3-6H2,1-2H3/t8-,9-/m1/s1. The van der Waals surface area contributed by atoms with Crippen molar-refractivity contribution in [2.24, 2.45) is 11.8 Å². The summed E-state index contributed by atoms with van der Waals surface area (Å²) in [6.07, 6.45) is 0.165. The Kier molecular flexibility index (Phi) is 3.28. The van der Waals surface area contributed by atoms with Crippen LogP contribution in [-0.4, -0.2) is 17.1 Å². The zero-order valence-corrected chi connectivity index (χ0v) is 8.26. The summed E-state index contributed by atoms with van der Waals surface area (Å²) in [5.74, 6) is -2.36. The number of aliphatic hydroxyl groups is 1. The molecule has 1 aliphatic rings. The first kappa shape index (κ1) is 10.9. The Hall–Kier alpha value is -0.180. The lowest BCUT2D eigenvalue weighted by Crippen LogP contribution is -2.36. The van der Waals surface area contributed by atoms with Crippen molar-refractivity contribution in [3.05, 3.63) is 0 Å². The van der Waals surface area contributed by atoms with Crippen LogP contribution in [0.1, 0.15) is 39.5 Å². The highest BCUT2D eigenvalue weighted by Crippen LogP contribution is 2.39. The Balaban J connectivity index is 2.50. The number of aliphatic hydroxyl groups excluding tert-OH is 1. The summed E-state index contributed by atoms with van der Waals surface area (Å²) in [5, 5.41) is 9.52. The largest absolute Gasteiger partial charge is 0.393 e. The second-order valence-electron chi connectivity index (χ2n) is 4.56. The summed E-state index contributed by atoms with van der Waals surface area (Å²) in [6, 6.07) is 0. The van der Waals surface area contributed by atoms with E-state index in [-0.39, 0.29) is 25.2 Å². The SMILES string of the molecule is CC(C)C[C@@H]1CC(F)(F)CC[C@H]1O. The second-order valence-corrected chi connectivity index (χ2v) is 4.56. The molecule has 1 aliphatic carbocycles. The first-order valence-electron chi connectivity index (χ1n) is 4.96. The summed E-state index contributed by atoms with van der Waals surface area (Å²) in [5.41, 5.74) is 0. The first-order valence-corrected chi connectivity index (χ1v) is 4.96. The van der Waals surface area contributed by atoms with Gasteiger partial charge in [-0.3, -0.25) is 0 Å². The molecule has 0 spiro atoms. The van der Waals surface area contributed by atoms with E-state index in [0.717, 1.165) is 0 Å². The molecule has 0 aliphatic heterocycles. The van der Waals surface area contributed by atoms with Crippen LogP contribution in [0.25, 0.3) is 0 Å². The van der Waals surface area contributed by atoms with Crippen molar-refractivity contribution < 1.29 is 13.9 Å². The highest BCUT2D eigenvalue weighted by Gasteiger charge is 2.40. The van der Waals surface area contributed by atoms with Crippen molar-refractivity contribution in [1.82, 2.24) is 0 Å². The summed E-state index contributed by atoms with van der Waals surface area (Å²) in [6.45, 7) is 4.00. The predicted molar refractivity (Wildman–Crippen MR) is 47.7 cm³/mol. The monoisotopic (exact) mass is 192 g/mol. The molecule has 0 aromatic carbocycles. The normalized spacial score (nSPS) is 33.7. The Bertz CT molecular complexity index is 168. The molecule has 0 heterocycles. The maximum atomic E-state index is 13.0. The molecular formula is C10H18F2O. The van der Waals surface area contributed by atoms with E-state index in [0.29, 0.717) is 12.3 Å². The van der Waals surface area contributed by atoms with Crippen molar-refractivity contribution in [3.8, 4) is 0 Å². The molecule has 0 amide bonds. The van der Waals surface area contributed by atoms with E-state index >= 15 is 0 Å². The highest BCUT2D eigenvalue weighted by molar-refractivity contribution is 4.84. The maximum absolute atomic E-state index is 13.0. The average molecular weight is 192 g/mol. The second kappa shape index (κ2) is 3.91. The van der Waals surface area contributed by atoms with Gasteiger partial charge in [0.25, 0.3) is 0 Å². The predicted octanol–water partition coefficient (Wildman–Crippen LogP) is 2.83. The molecule has 13 heavy (non-hydrogen) atoms. The molecule has 0 saturated heterocycles. The van der Waals surface area contributed by atoms with E-state index in [1.165, 1.54) is 0 Å². The molecule has 1 rings (SSSR count). The Morgan fingerprint density at radius 1 is 1.46 bits per heavy atom. The van der Waals surface area contributed by atoms with Gasteiger partial charge in [0.2, 0.25) is 5.92 Å². The van der Waals surface area contributed by atoms with Gasteiger partial charge in [0.1, 0.15) is 0 Å². The van der Waals surface area contributed by atoms with Crippen LogP contribution in [0.5, 0.6) is 0 Å². The van der Waals surface area contributed by atoms with Crippen LogP contribution in [0.2, 0.25) is 0 Å². The van der Waals surface area contributed by atoms with Gasteiger partial charge in [-0.15, -0.1) is 0 Å². The third-order valence-electron chi connectivity index (χ3n) is 2.68. The molecule has 0 bridgehead atoms. The van der Waals surface area contributed by atoms with Crippen LogP contribution >= 0.6 is 0 Å². The van der Waals surface area contributed by atoms with Crippen molar-refractivity contribution in [1.29, 1.82) is 0 Å². The molecule has 0 radical (unpaired) electrons. The van der Waals surface area contributed by atoms with Crippen LogP contribution in [0.4, 0.5) is 8.78 Å². The van der Waals surface area contributed by atoms with Gasteiger partial charge in [-0.05, 0) is 24.7 Å². The van der Waals surface area contributed by atoms with E-state index < -0.39 is 12.0 Å². The lowest BCUT2D eigenvalue weighted by molar-refractivity contribution is -0.0952. The molecule has 2 atom stereocenters. The summed E-state index contributed by atoms with van der Waals surface area (Å²) in [7, 11) is 0. The van der Waals surface area contributed by atoms with Gasteiger partial charge in [-0.2, -0.15) is 0 Å². The number of halogens is 2. The van der Waals surface area contributed by atoms with Gasteiger partial charge in [0.15, 0.2) is 0 Å². The van der Waals surface area contributed by atoms with E-state index in [2.05, 4.69) is 0 Å². The number of hydrogen-bond donors (Lipinski definition) is 1. The van der Waals surface area contributed by atoms with Crippen molar-refractivity contribution in [2.45, 2.75) is 51.6 Å². The van der Waals surface area contributed by atoms with Crippen molar-refractivity contribution >= 4 is 0 Å². The molecule has 0 aromatic heterocycles. The zero-order chi connectivity index (χ0) is 10.1. The lowest BCUT2D eigenvalue weighted by Gasteiger charge is -2.34. The van der Waals surface area contributed by atoms with E-state index in [9.17, 15) is 13.9 Å². The van der Waals surface area contributed by atoms with Gasteiger partial charge in [0.05, 0.1) is 6.10 Å². The van der Waals surface area contributed by atoms with E-state index in [1.807, 2.05) is 13.8 Å². The molecule has 1 nitrogen and oxygen atoms in total. The molecule has 1 N–H and O–H groups in total. The molecule has 0 unspecified atom stereocenters. The summed E-state index contributed by atoms with van der Waals surface area (Å²) in [4.78, 5) is 0. The third kappa shape index (κ3) is 3.22. The van der Waals surface area contributed by atoms with Gasteiger partial charge < -0.3 is 5.11 Å². The fourth-order valence-electron chi connectivity index (χ4n) is 2.06. The first-order chi connectivity index (χ1) is 5.91. The van der Waals surface area contributed by atoms with Crippen LogP contribution in [0.3, 0.4) is 0 Å². The Labute approximate surface area is 78.1 Å². The molecule has 0 aromatic rings. The van der Waals surface area contributed by atoms with Crippen molar-refractivity contribution in [3.63, 3.8) is 0 Å². The van der Waals surface area contributed by atoms with E-state index in [1.54, 1.807) is 0 Å². The molecule has 1 saturated carbocycles. The summed E-state index contributed by atoms with van der Waals surface area (Å²) >= 11 is 0. The minimum atomic E-state index is -2.54. The van der Waals surface area contributed by atoms with Crippen LogP contribution in [0, 0.1) is 11.8 Å². The minimum absolute atomic E-state index is 0.133. The highest BCUT2D eigenvalue weighted by atomic mass is 19.3. The smallest absolute Gasteiger partial charge is 0.248 e. The number of hydrogen-bond acceptors (Lipinski definition) is 1. The number of alkyl halides is 2. The van der Waals surface area contributed by atoms with Gasteiger partial charge >= 0.3 is 0 Å². The third-order valence-corrected chi connectivity index (χ3v) is 2.68. The summed E-state index contributed by atoms with van der Waals surface area (Å²) < 4.78 is 25.9. The fraction of sp³-hybridized carbons (Fsp3) is 1.00. The van der Waals surface area contributed by atoms with Gasteiger partial charge in [-0.1, -0.05) is 13.8 Å². The minimum Gasteiger partial charge on any atom is -0.393 e. The molecular weight excluding hydrogens is 174 g/mol.